The molecule has 8 heteroatoms. The summed E-state index contributed by atoms with van der Waals surface area (Å²) in [5, 5.41) is 13.9. The molecule has 0 unspecified atom stereocenters. The Hall–Kier alpha value is -3.06. The van der Waals surface area contributed by atoms with Crippen molar-refractivity contribution < 1.29 is 9.53 Å². The van der Waals surface area contributed by atoms with E-state index in [1.165, 1.54) is 0 Å². The Morgan fingerprint density at radius 3 is 2.77 bits per heavy atom. The number of nitrogens with one attached hydrogen (secondary N) is 2. The summed E-state index contributed by atoms with van der Waals surface area (Å²) in [4.78, 5) is 12.1. The molecule has 0 aliphatic heterocycles. The van der Waals surface area contributed by atoms with Crippen LogP contribution in [0, 0.1) is 0 Å². The van der Waals surface area contributed by atoms with Crippen LogP contribution < -0.4 is 15.4 Å². The molecular formula is C18H18ClN5O2. The molecule has 0 saturated heterocycles. The van der Waals surface area contributed by atoms with Crippen molar-refractivity contribution in [2.75, 3.05) is 11.9 Å². The van der Waals surface area contributed by atoms with E-state index >= 15 is 0 Å². The van der Waals surface area contributed by atoms with Crippen molar-refractivity contribution in [1.29, 1.82) is 0 Å². The molecule has 2 aromatic carbocycles. The van der Waals surface area contributed by atoms with Crippen LogP contribution in [0.3, 0.4) is 0 Å². The normalized spacial score (nSPS) is 10.4. The number of para-hydroxylation sites is 1. The Bertz CT molecular complexity index is 882. The summed E-state index contributed by atoms with van der Waals surface area (Å²) in [6, 6.07) is 14.4. The van der Waals surface area contributed by atoms with Crippen LogP contribution >= 0.6 is 11.6 Å². The molecule has 0 aliphatic rings. The Balaban J connectivity index is 1.60. The lowest BCUT2D eigenvalue weighted by atomic mass is 10.3. The molecule has 0 radical (unpaired) electrons. The fourth-order valence-corrected chi connectivity index (χ4v) is 2.60. The molecule has 2 N–H and O–H groups in total. The number of hydrogen-bond acceptors (Lipinski definition) is 4. The predicted octanol–water partition coefficient (Wildman–Crippen LogP) is 3.64. The van der Waals surface area contributed by atoms with Gasteiger partial charge in [0.15, 0.2) is 5.82 Å². The Morgan fingerprint density at radius 1 is 1.23 bits per heavy atom. The average Bonchev–Trinajstić information content (AvgIpc) is 3.12. The summed E-state index contributed by atoms with van der Waals surface area (Å²) in [5.74, 6) is 1.20. The maximum absolute atomic E-state index is 12.1. The molecule has 0 saturated carbocycles. The molecule has 3 rings (SSSR count). The number of rotatable bonds is 6. The molecular weight excluding hydrogens is 354 g/mol. The van der Waals surface area contributed by atoms with Gasteiger partial charge in [0.05, 0.1) is 18.2 Å². The number of carbonyl (C=O) groups is 1. The number of hydrogen-bond donors (Lipinski definition) is 2. The summed E-state index contributed by atoms with van der Waals surface area (Å²) in [7, 11) is 0. The summed E-state index contributed by atoms with van der Waals surface area (Å²) in [6.07, 6.45) is 1.61. The molecule has 1 heterocycles. The summed E-state index contributed by atoms with van der Waals surface area (Å²) < 4.78 is 7.18. The lowest BCUT2D eigenvalue weighted by molar-refractivity contribution is 0.251. The number of benzene rings is 2. The van der Waals surface area contributed by atoms with E-state index in [9.17, 15) is 4.79 Å². The van der Waals surface area contributed by atoms with Gasteiger partial charge < -0.3 is 15.4 Å². The van der Waals surface area contributed by atoms with E-state index in [2.05, 4.69) is 20.8 Å². The third kappa shape index (κ3) is 4.31. The fraction of sp³-hybridized carbons (Fsp3) is 0.167. The van der Waals surface area contributed by atoms with Crippen LogP contribution in [-0.4, -0.2) is 27.4 Å². The molecule has 26 heavy (non-hydrogen) atoms. The van der Waals surface area contributed by atoms with Gasteiger partial charge in [-0.3, -0.25) is 4.57 Å². The van der Waals surface area contributed by atoms with Crippen molar-refractivity contribution in [3.63, 3.8) is 0 Å². The molecule has 0 fully saturated rings. The highest BCUT2D eigenvalue weighted by molar-refractivity contribution is 6.32. The van der Waals surface area contributed by atoms with Gasteiger partial charge in [0, 0.05) is 11.4 Å². The first-order chi connectivity index (χ1) is 12.7. The van der Waals surface area contributed by atoms with Crippen LogP contribution in [0.15, 0.2) is 54.9 Å². The van der Waals surface area contributed by atoms with E-state index in [-0.39, 0.29) is 12.6 Å². The second-order valence-corrected chi connectivity index (χ2v) is 5.75. The van der Waals surface area contributed by atoms with E-state index in [1.54, 1.807) is 24.5 Å². The van der Waals surface area contributed by atoms with Crippen LogP contribution in [0.5, 0.6) is 5.75 Å². The van der Waals surface area contributed by atoms with E-state index in [4.69, 9.17) is 16.3 Å². The minimum absolute atomic E-state index is 0.228. The number of aromatic nitrogens is 3. The molecule has 7 nitrogen and oxygen atoms in total. The number of ether oxygens (including phenoxy) is 1. The van der Waals surface area contributed by atoms with E-state index < -0.39 is 0 Å². The van der Waals surface area contributed by atoms with Gasteiger partial charge >= 0.3 is 6.03 Å². The lowest BCUT2D eigenvalue weighted by Crippen LogP contribution is -2.29. The average molecular weight is 372 g/mol. The minimum Gasteiger partial charge on any atom is -0.492 e. The largest absolute Gasteiger partial charge is 0.492 e. The zero-order chi connectivity index (χ0) is 18.4. The SMILES string of the molecule is CCOc1ccc(NC(=O)NCc2nncn2-c2ccccc2)cc1Cl. The second kappa shape index (κ2) is 8.35. The molecule has 0 bridgehead atoms. The van der Waals surface area contributed by atoms with Gasteiger partial charge in [-0.1, -0.05) is 29.8 Å². The fourth-order valence-electron chi connectivity index (χ4n) is 2.37. The monoisotopic (exact) mass is 371 g/mol. The van der Waals surface area contributed by atoms with Crippen LogP contribution in [-0.2, 0) is 6.54 Å². The smallest absolute Gasteiger partial charge is 0.319 e. The first kappa shape index (κ1) is 17.8. The van der Waals surface area contributed by atoms with E-state index in [1.807, 2.05) is 41.8 Å². The Kier molecular flexibility index (Phi) is 5.70. The van der Waals surface area contributed by atoms with Gasteiger partial charge in [-0.2, -0.15) is 0 Å². The maximum atomic E-state index is 12.1. The van der Waals surface area contributed by atoms with E-state index in [0.29, 0.717) is 28.9 Å². The van der Waals surface area contributed by atoms with Crippen molar-refractivity contribution in [2.24, 2.45) is 0 Å². The van der Waals surface area contributed by atoms with Gasteiger partial charge in [-0.05, 0) is 37.3 Å². The van der Waals surface area contributed by atoms with Crippen molar-refractivity contribution in [3.8, 4) is 11.4 Å². The number of urea groups is 1. The molecule has 2 amide bonds. The summed E-state index contributed by atoms with van der Waals surface area (Å²) in [5.41, 5.74) is 1.49. The zero-order valence-electron chi connectivity index (χ0n) is 14.1. The first-order valence-corrected chi connectivity index (χ1v) is 8.46. The van der Waals surface area contributed by atoms with Crippen molar-refractivity contribution in [1.82, 2.24) is 20.1 Å². The highest BCUT2D eigenvalue weighted by atomic mass is 35.5. The number of amides is 2. The van der Waals surface area contributed by atoms with Crippen LogP contribution in [0.2, 0.25) is 5.02 Å². The molecule has 0 aliphatic carbocycles. The van der Waals surface area contributed by atoms with Crippen LogP contribution in [0.4, 0.5) is 10.5 Å². The van der Waals surface area contributed by atoms with Gasteiger partial charge in [0.1, 0.15) is 12.1 Å². The summed E-state index contributed by atoms with van der Waals surface area (Å²) >= 11 is 6.12. The topological polar surface area (TPSA) is 81.1 Å². The van der Waals surface area contributed by atoms with Gasteiger partial charge in [0.2, 0.25) is 0 Å². The number of carbonyl (C=O) groups excluding carboxylic acids is 1. The summed E-state index contributed by atoms with van der Waals surface area (Å²) in [6.45, 7) is 2.63. The van der Waals surface area contributed by atoms with E-state index in [0.717, 1.165) is 5.69 Å². The van der Waals surface area contributed by atoms with Gasteiger partial charge in [-0.15, -0.1) is 10.2 Å². The molecule has 134 valence electrons. The van der Waals surface area contributed by atoms with Gasteiger partial charge in [0.25, 0.3) is 0 Å². The molecule has 3 aromatic rings. The minimum atomic E-state index is -0.368. The van der Waals surface area contributed by atoms with Crippen molar-refractivity contribution in [2.45, 2.75) is 13.5 Å². The predicted molar refractivity (Wildman–Crippen MR) is 99.8 cm³/mol. The van der Waals surface area contributed by atoms with Crippen molar-refractivity contribution >= 4 is 23.3 Å². The lowest BCUT2D eigenvalue weighted by Gasteiger charge is -2.11. The first-order valence-electron chi connectivity index (χ1n) is 8.09. The maximum Gasteiger partial charge on any atom is 0.319 e. The van der Waals surface area contributed by atoms with Gasteiger partial charge in [-0.25, -0.2) is 4.79 Å². The highest BCUT2D eigenvalue weighted by Crippen LogP contribution is 2.27. The molecule has 0 spiro atoms. The highest BCUT2D eigenvalue weighted by Gasteiger charge is 2.09. The Morgan fingerprint density at radius 2 is 2.04 bits per heavy atom. The van der Waals surface area contributed by atoms with Crippen LogP contribution in [0.25, 0.3) is 5.69 Å². The number of halogens is 1. The molecule has 1 aromatic heterocycles. The Labute approximate surface area is 156 Å². The molecule has 0 atom stereocenters. The third-order valence-electron chi connectivity index (χ3n) is 3.55. The van der Waals surface area contributed by atoms with Crippen molar-refractivity contribution in [3.05, 3.63) is 65.7 Å². The standard InChI is InChI=1S/C18H18ClN5O2/c1-2-26-16-9-8-13(10-15(16)19)22-18(25)20-11-17-23-21-12-24(17)14-6-4-3-5-7-14/h3-10,12H,2,11H2,1H3,(H2,20,22,25). The zero-order valence-corrected chi connectivity index (χ0v) is 14.9. The third-order valence-corrected chi connectivity index (χ3v) is 3.84. The second-order valence-electron chi connectivity index (χ2n) is 5.34. The number of nitrogens with zero attached hydrogens (tertiary/aromatic N) is 3. The number of anilines is 1. The quantitative estimate of drug-likeness (QED) is 0.693. The van der Waals surface area contributed by atoms with Crippen LogP contribution in [0.1, 0.15) is 12.7 Å².